The summed E-state index contributed by atoms with van der Waals surface area (Å²) in [5.41, 5.74) is 9.31. The van der Waals surface area contributed by atoms with Gasteiger partial charge < -0.3 is 51.7 Å². The van der Waals surface area contributed by atoms with Gasteiger partial charge in [0.25, 0.3) is 0 Å². The number of aromatic nitrogens is 4. The summed E-state index contributed by atoms with van der Waals surface area (Å²) in [5.74, 6) is -6.74. The monoisotopic (exact) mass is 1950 g/mol. The number of hydrogen-bond acceptors (Lipinski definition) is 18. The van der Waals surface area contributed by atoms with E-state index in [0.29, 0.717) is 162 Å². The average molecular weight is 1960 g/mol. The number of unbranched alkanes of at least 4 members (excludes halogenated alkanes) is 12. The molecule has 11 aromatic rings. The lowest BCUT2D eigenvalue weighted by atomic mass is 9.95. The van der Waals surface area contributed by atoms with Gasteiger partial charge in [0.1, 0.15) is 0 Å². The lowest BCUT2D eigenvalue weighted by Crippen LogP contribution is -2.26. The average Bonchev–Trinajstić information content (AvgIpc) is 1.59. The molecule has 24 nitrogen and oxygen atoms in total. The third kappa shape index (κ3) is 26.6. The van der Waals surface area contributed by atoms with Crippen LogP contribution in [0.1, 0.15) is 248 Å². The lowest BCUT2D eigenvalue weighted by Gasteiger charge is -2.19. The highest BCUT2D eigenvalue weighted by molar-refractivity contribution is 8.15. The summed E-state index contributed by atoms with van der Waals surface area (Å²) in [5, 5.41) is 50.8. The number of fused-ring (bicyclic) bond motifs is 8. The molecule has 2 aliphatic rings. The summed E-state index contributed by atoms with van der Waals surface area (Å²) in [4.78, 5) is 187. The maximum absolute atomic E-state index is 15.6. The molecule has 8 bridgehead atoms. The molecule has 28 heteroatoms. The first-order valence-corrected chi connectivity index (χ1v) is 51.0. The van der Waals surface area contributed by atoms with Crippen LogP contribution in [0.5, 0.6) is 0 Å². The van der Waals surface area contributed by atoms with Gasteiger partial charge >= 0.3 is 23.9 Å². The summed E-state index contributed by atoms with van der Waals surface area (Å²) in [6.45, 7) is 13.9. The standard InChI is InChI=1S/C112H114N8O16S4/c1-9-13-17-21-37-97(137-65(5)121)105(125)117-85-45-41-73(69-29-25-33-77(57-69)109(129)130)61-81(85)101-89-49-51-91(113-89)102(82-62-74(70-30-26-34-78(58-70)110(131)132)42-46-86(82)118-106(126)98(138-66(6)122)38-22-18-14-10-2)93-53-55-95(115-93)104(84-64-76(72-32-28-36-80(60-72)112(135)136)44-48-88(84)120-108(128)100(140-68(8)124)40-24-20-16-12-4)96-56-54-94(116-96)103(92-52-50-90(101)114-92)83-63-75(71-31-27-35-79(59-71)111(133)134)43-47-87(83)119-107(127)99(139-67(7)123)39-23-19-15-11-3/h25-36,41-64,97-100,113,116H,9-24,37-40H2,1-8H3,(H,117,125)(H,118,126)(H,119,127)(H,120,128)(H,129,130)(H,131,132)(H,133,134)(H,135,136). The predicted octanol–water partition coefficient (Wildman–Crippen LogP) is 27.0. The van der Waals surface area contributed by atoms with Crippen LogP contribution in [0, 0.1) is 0 Å². The minimum absolute atomic E-state index is 0.0236. The number of carbonyl (C=O) groups is 12. The molecule has 0 saturated carbocycles. The molecule has 0 saturated heterocycles. The molecule has 8 aromatic carbocycles. The van der Waals surface area contributed by atoms with E-state index in [9.17, 15) is 58.8 Å². The van der Waals surface area contributed by atoms with Gasteiger partial charge in [-0.3, -0.25) is 38.4 Å². The number of anilines is 4. The Kier molecular flexibility index (Phi) is 36.4. The van der Waals surface area contributed by atoms with Crippen LogP contribution in [0.25, 0.3) is 135 Å². The van der Waals surface area contributed by atoms with Crippen LogP contribution in [0.15, 0.2) is 194 Å². The number of hydrogen-bond donors (Lipinski definition) is 10. The van der Waals surface area contributed by atoms with Gasteiger partial charge in [-0.1, -0.05) is 250 Å². The molecule has 0 radical (unpaired) electrons. The van der Waals surface area contributed by atoms with Crippen LogP contribution in [-0.4, -0.2) is 129 Å². The van der Waals surface area contributed by atoms with Crippen LogP contribution in [0.2, 0.25) is 0 Å². The fraction of sp³-hybridized carbons (Fsp3) is 0.286. The van der Waals surface area contributed by atoms with E-state index in [4.69, 9.17) is 9.97 Å². The van der Waals surface area contributed by atoms with E-state index < -0.39 is 68.5 Å². The number of carboxylic acid groups (broad SMARTS) is 4. The van der Waals surface area contributed by atoms with Gasteiger partial charge in [-0.15, -0.1) is 0 Å². The number of carbonyl (C=O) groups excluding carboxylic acids is 8. The number of aromatic carboxylic acids is 4. The van der Waals surface area contributed by atoms with Gasteiger partial charge in [0.05, 0.1) is 66.0 Å². The normalized spacial score (nSPS) is 12.4. The number of rotatable bonds is 44. The van der Waals surface area contributed by atoms with E-state index in [-0.39, 0.29) is 88.2 Å². The minimum Gasteiger partial charge on any atom is -0.478 e. The molecule has 4 atom stereocenters. The number of thioether (sulfide) groups is 4. The fourth-order valence-corrected chi connectivity index (χ4v) is 20.9. The Morgan fingerprint density at radius 3 is 0.671 bits per heavy atom. The largest absolute Gasteiger partial charge is 0.478 e. The number of nitrogens with zero attached hydrogens (tertiary/aromatic N) is 2. The summed E-state index contributed by atoms with van der Waals surface area (Å²) in [6.07, 6.45) is 21.4. The Bertz CT molecular complexity index is 6060. The van der Waals surface area contributed by atoms with Gasteiger partial charge in [-0.25, -0.2) is 29.1 Å². The van der Waals surface area contributed by atoms with Gasteiger partial charge in [0.2, 0.25) is 23.6 Å². The molecule has 5 heterocycles. The molecule has 140 heavy (non-hydrogen) atoms. The molecular weight excluding hydrogens is 1840 g/mol. The Hall–Kier alpha value is -13.8. The smallest absolute Gasteiger partial charge is 0.335 e. The second kappa shape index (κ2) is 49.2. The number of benzene rings is 8. The maximum Gasteiger partial charge on any atom is 0.335 e. The Labute approximate surface area is 830 Å². The van der Waals surface area contributed by atoms with Crippen LogP contribution in [0.4, 0.5) is 22.7 Å². The molecule has 0 fully saturated rings. The number of carboxylic acids is 4. The molecule has 4 unspecified atom stereocenters. The van der Waals surface area contributed by atoms with Crippen molar-refractivity contribution in [2.75, 3.05) is 21.3 Å². The van der Waals surface area contributed by atoms with E-state index in [1.807, 2.05) is 24.3 Å². The van der Waals surface area contributed by atoms with Crippen LogP contribution in [-0.2, 0) is 38.4 Å². The van der Waals surface area contributed by atoms with Crippen molar-refractivity contribution in [3.05, 3.63) is 239 Å². The van der Waals surface area contributed by atoms with Crippen LogP contribution >= 0.6 is 47.0 Å². The third-order valence-electron chi connectivity index (χ3n) is 24.4. The summed E-state index contributed by atoms with van der Waals surface area (Å²) in [7, 11) is 0. The fourth-order valence-electron chi connectivity index (χ4n) is 17.5. The zero-order valence-corrected chi connectivity index (χ0v) is 82.7. The van der Waals surface area contributed by atoms with E-state index >= 15 is 19.2 Å². The first-order chi connectivity index (χ1) is 67.5. The van der Waals surface area contributed by atoms with E-state index in [1.165, 1.54) is 76.2 Å². The molecule has 2 aliphatic heterocycles. The molecule has 0 aliphatic carbocycles. The third-order valence-corrected chi connectivity index (χ3v) is 28.7. The van der Waals surface area contributed by atoms with Gasteiger partial charge in [-0.05, 0) is 216 Å². The van der Waals surface area contributed by atoms with E-state index in [0.717, 1.165) is 124 Å². The lowest BCUT2D eigenvalue weighted by molar-refractivity contribution is -0.116. The van der Waals surface area contributed by atoms with Crippen molar-refractivity contribution in [1.82, 2.24) is 19.9 Å². The van der Waals surface area contributed by atoms with Crippen molar-refractivity contribution < 1.29 is 78.0 Å². The quantitative estimate of drug-likeness (QED) is 0.0159. The first-order valence-electron chi connectivity index (χ1n) is 47.5. The van der Waals surface area contributed by atoms with Crippen molar-refractivity contribution in [1.29, 1.82) is 0 Å². The van der Waals surface area contributed by atoms with Gasteiger partial charge in [-0.2, -0.15) is 0 Å². The van der Waals surface area contributed by atoms with Gasteiger partial charge in [0.15, 0.2) is 20.5 Å². The van der Waals surface area contributed by atoms with E-state index in [2.05, 4.69) is 58.9 Å². The highest BCUT2D eigenvalue weighted by Gasteiger charge is 2.32. The van der Waals surface area contributed by atoms with Crippen molar-refractivity contribution >= 4 is 184 Å². The van der Waals surface area contributed by atoms with Crippen molar-refractivity contribution in [2.24, 2.45) is 0 Å². The summed E-state index contributed by atoms with van der Waals surface area (Å²) >= 11 is 3.66. The second-order valence-electron chi connectivity index (χ2n) is 34.8. The Balaban J connectivity index is 1.25. The van der Waals surface area contributed by atoms with Gasteiger partial charge in [0, 0.05) is 117 Å². The SMILES string of the molecule is CCCCCCC(SC(C)=O)C(=O)Nc1ccc(-c2cccc(C(=O)O)c2)cc1-c1c2nc(c(-c3cc(-c4cccc(C(=O)O)c4)ccc3NC(=O)C(CCCCCC)SC(C)=O)c3ccc([nH]3)c(-c3cc(-c4cccc(C(=O)O)c4)ccc3NC(=O)C(CCCCCC)SC(C)=O)c3nc(c(-c4cc(-c5cccc(C(=O)O)c5)ccc4NC(=O)C(CCCCCC)SC(C)=O)c4ccc1[nH]4)C=C3)C=C2. The Morgan fingerprint density at radius 1 is 0.271 bits per heavy atom. The van der Waals surface area contributed by atoms with Crippen LogP contribution in [0.3, 0.4) is 0 Å². The zero-order chi connectivity index (χ0) is 99.8. The topological polar surface area (TPSA) is 391 Å². The summed E-state index contributed by atoms with van der Waals surface area (Å²) < 4.78 is 0. The molecule has 3 aromatic heterocycles. The highest BCUT2D eigenvalue weighted by atomic mass is 32.2. The number of H-pyrrole nitrogens is 2. The molecule has 10 N–H and O–H groups in total. The molecular formula is C112H114N8O16S4. The number of aromatic amines is 2. The van der Waals surface area contributed by atoms with E-state index in [1.54, 1.807) is 146 Å². The minimum atomic E-state index is -1.19. The molecule has 0 spiro atoms. The van der Waals surface area contributed by atoms with Crippen molar-refractivity contribution in [3.63, 3.8) is 0 Å². The first kappa shape index (κ1) is 104. The van der Waals surface area contributed by atoms with Crippen molar-refractivity contribution in [2.45, 2.75) is 205 Å². The number of amides is 4. The Morgan fingerprint density at radius 2 is 0.479 bits per heavy atom. The highest BCUT2D eigenvalue weighted by Crippen LogP contribution is 2.48. The molecule has 13 rings (SSSR count). The van der Waals surface area contributed by atoms with Crippen molar-refractivity contribution in [3.8, 4) is 89.0 Å². The maximum atomic E-state index is 15.6. The molecule has 722 valence electrons. The second-order valence-corrected chi connectivity index (χ2v) is 40.4. The summed E-state index contributed by atoms with van der Waals surface area (Å²) in [6, 6.07) is 53.9. The predicted molar refractivity (Wildman–Crippen MR) is 568 cm³/mol. The van der Waals surface area contributed by atoms with Crippen LogP contribution < -0.4 is 21.3 Å². The molecule has 4 amide bonds. The zero-order valence-electron chi connectivity index (χ0n) is 79.5. The number of nitrogens with one attached hydrogen (secondary N) is 6.